The largest absolute Gasteiger partial charge is 0.491 e. The molecule has 6 aromatic rings. The summed E-state index contributed by atoms with van der Waals surface area (Å²) in [6.45, 7) is 2.21. The first-order valence-corrected chi connectivity index (χ1v) is 19.4. The predicted octanol–water partition coefficient (Wildman–Crippen LogP) is 5.41. The first kappa shape index (κ1) is 37.5. The van der Waals surface area contributed by atoms with Crippen LogP contribution < -0.4 is 19.5 Å². The van der Waals surface area contributed by atoms with Gasteiger partial charge in [0.25, 0.3) is 11.8 Å². The van der Waals surface area contributed by atoms with E-state index in [-0.39, 0.29) is 49.4 Å². The highest BCUT2D eigenvalue weighted by Crippen LogP contribution is 2.34. The molecule has 14 nitrogen and oxygen atoms in total. The summed E-state index contributed by atoms with van der Waals surface area (Å²) < 4.78 is 25.9. The molecule has 2 aliphatic heterocycles. The molecule has 59 heavy (non-hydrogen) atoms. The zero-order valence-corrected chi connectivity index (χ0v) is 32.2. The van der Waals surface area contributed by atoms with Crippen LogP contribution in [-0.2, 0) is 21.4 Å². The number of aromatic nitrogens is 4. The van der Waals surface area contributed by atoms with Gasteiger partial charge in [0, 0.05) is 72.8 Å². The SMILES string of the molecule is CC(C#Cc1ccc(OC2CC(Oc3ccc(-c4ccc5c6cnccc6n(C)c5c4)cn3)C2)cn1)OCCOc1ccc2c(c1)C(=O)N(C1CCC(=O)NC1=O)C2=O. The van der Waals surface area contributed by atoms with Gasteiger partial charge in [0.15, 0.2) is 0 Å². The van der Waals surface area contributed by atoms with Gasteiger partial charge < -0.3 is 23.5 Å². The van der Waals surface area contributed by atoms with Crippen molar-refractivity contribution in [2.75, 3.05) is 13.2 Å². The van der Waals surface area contributed by atoms with E-state index in [2.05, 4.69) is 61.9 Å². The number of pyridine rings is 3. The third-order valence-electron chi connectivity index (χ3n) is 10.8. The number of benzene rings is 2. The van der Waals surface area contributed by atoms with Crippen molar-refractivity contribution in [2.24, 2.45) is 7.05 Å². The Hall–Kier alpha value is -7.11. The zero-order valence-electron chi connectivity index (χ0n) is 32.2. The number of nitrogens with one attached hydrogen (secondary N) is 1. The second-order valence-corrected chi connectivity index (χ2v) is 14.7. The summed E-state index contributed by atoms with van der Waals surface area (Å²) in [5, 5.41) is 4.50. The lowest BCUT2D eigenvalue weighted by molar-refractivity contribution is -0.136. The number of aryl methyl sites for hydroxylation is 1. The molecule has 1 saturated heterocycles. The summed E-state index contributed by atoms with van der Waals surface area (Å²) >= 11 is 0. The van der Waals surface area contributed by atoms with Crippen molar-refractivity contribution in [2.45, 2.75) is 57.0 Å². The zero-order chi connectivity index (χ0) is 40.6. The quantitative estimate of drug-likeness (QED) is 0.101. The number of amides is 4. The second kappa shape index (κ2) is 15.7. The number of hydrogen-bond acceptors (Lipinski definition) is 11. The summed E-state index contributed by atoms with van der Waals surface area (Å²) in [5.41, 5.74) is 5.30. The van der Waals surface area contributed by atoms with Crippen LogP contribution in [0.2, 0.25) is 0 Å². The van der Waals surface area contributed by atoms with E-state index in [0.29, 0.717) is 23.1 Å². The van der Waals surface area contributed by atoms with Gasteiger partial charge in [0.2, 0.25) is 17.7 Å². The van der Waals surface area contributed by atoms with Gasteiger partial charge >= 0.3 is 0 Å². The highest BCUT2D eigenvalue weighted by Gasteiger charge is 2.44. The average molecular weight is 791 g/mol. The molecule has 296 valence electrons. The number of imide groups is 2. The summed E-state index contributed by atoms with van der Waals surface area (Å²) in [7, 11) is 2.07. The van der Waals surface area contributed by atoms with Crippen LogP contribution >= 0.6 is 0 Å². The Balaban J connectivity index is 0.696. The molecule has 9 rings (SSSR count). The maximum atomic E-state index is 13.1. The molecule has 2 fully saturated rings. The lowest BCUT2D eigenvalue weighted by Crippen LogP contribution is -2.54. The van der Waals surface area contributed by atoms with Gasteiger partial charge in [-0.1, -0.05) is 18.1 Å². The van der Waals surface area contributed by atoms with E-state index in [1.165, 1.54) is 17.5 Å². The molecule has 6 heterocycles. The van der Waals surface area contributed by atoms with Gasteiger partial charge in [0.1, 0.15) is 48.2 Å². The number of piperidine rings is 1. The van der Waals surface area contributed by atoms with Crippen molar-refractivity contribution in [1.29, 1.82) is 0 Å². The Labute approximate surface area is 338 Å². The molecule has 4 aromatic heterocycles. The number of ether oxygens (including phenoxy) is 4. The topological polar surface area (TPSA) is 164 Å². The van der Waals surface area contributed by atoms with Crippen molar-refractivity contribution in [3.8, 4) is 40.3 Å². The number of rotatable bonds is 11. The number of nitrogens with zero attached hydrogens (tertiary/aromatic N) is 5. The molecule has 0 bridgehead atoms. The molecule has 0 spiro atoms. The van der Waals surface area contributed by atoms with Gasteiger partial charge in [-0.25, -0.2) is 9.97 Å². The van der Waals surface area contributed by atoms with Crippen molar-refractivity contribution in [1.82, 2.24) is 29.7 Å². The van der Waals surface area contributed by atoms with E-state index < -0.39 is 35.8 Å². The van der Waals surface area contributed by atoms with Crippen LogP contribution in [0.1, 0.15) is 59.0 Å². The first-order valence-electron chi connectivity index (χ1n) is 19.4. The summed E-state index contributed by atoms with van der Waals surface area (Å²) in [4.78, 5) is 64.0. The standard InChI is InChI=1S/C45H38N6O8/c1-26(56-17-18-57-30-9-11-35-36(22-30)45(55)51(44(35)54)39-12-13-41(52)49-43(39)53)3-6-29-7-8-31(24-47-29)58-32-20-33(21-32)59-42-14-5-28(23-48-42)27-4-10-34-37-25-46-16-15-38(37)50(2)40(34)19-27/h4-5,7-11,14-16,19,22-26,32-33,39H,12-13,17-18,20-21H2,1-2H3,(H,49,52,53). The van der Waals surface area contributed by atoms with E-state index in [4.69, 9.17) is 18.9 Å². The number of hydrogen-bond donors (Lipinski definition) is 1. The third kappa shape index (κ3) is 7.55. The van der Waals surface area contributed by atoms with Gasteiger partial charge in [-0.2, -0.15) is 0 Å². The Morgan fingerprint density at radius 1 is 0.797 bits per heavy atom. The molecule has 2 aromatic carbocycles. The molecule has 2 unspecified atom stereocenters. The Morgan fingerprint density at radius 2 is 1.61 bits per heavy atom. The average Bonchev–Trinajstić information content (AvgIpc) is 3.66. The highest BCUT2D eigenvalue weighted by molar-refractivity contribution is 6.23. The van der Waals surface area contributed by atoms with E-state index in [9.17, 15) is 19.2 Å². The van der Waals surface area contributed by atoms with Crippen LogP contribution in [0.5, 0.6) is 17.4 Å². The van der Waals surface area contributed by atoms with Crippen molar-refractivity contribution in [3.63, 3.8) is 0 Å². The maximum Gasteiger partial charge on any atom is 0.262 e. The van der Waals surface area contributed by atoms with Crippen molar-refractivity contribution in [3.05, 3.63) is 108 Å². The van der Waals surface area contributed by atoms with E-state index in [1.807, 2.05) is 49.8 Å². The predicted molar refractivity (Wildman–Crippen MR) is 215 cm³/mol. The fraction of sp³-hybridized carbons (Fsp3) is 0.267. The van der Waals surface area contributed by atoms with Crippen molar-refractivity contribution >= 4 is 45.4 Å². The highest BCUT2D eigenvalue weighted by atomic mass is 16.5. The van der Waals surface area contributed by atoms with Crippen LogP contribution in [0.25, 0.3) is 32.9 Å². The van der Waals surface area contributed by atoms with E-state index >= 15 is 0 Å². The minimum atomic E-state index is -1.03. The third-order valence-corrected chi connectivity index (χ3v) is 10.8. The molecule has 14 heteroatoms. The number of carbonyl (C=O) groups is 4. The minimum absolute atomic E-state index is 0.0173. The molecule has 2 atom stereocenters. The van der Waals surface area contributed by atoms with Crippen LogP contribution in [0.15, 0.2) is 91.5 Å². The number of carbonyl (C=O) groups excluding carboxylic acids is 4. The summed E-state index contributed by atoms with van der Waals surface area (Å²) in [6, 6.07) is 19.6. The Kier molecular flexibility index (Phi) is 9.95. The first-order chi connectivity index (χ1) is 28.7. The van der Waals surface area contributed by atoms with E-state index in [1.54, 1.807) is 18.3 Å². The normalized spacial score (nSPS) is 19.2. The molecule has 0 radical (unpaired) electrons. The van der Waals surface area contributed by atoms with Gasteiger partial charge in [-0.15, -0.1) is 0 Å². The monoisotopic (exact) mass is 790 g/mol. The van der Waals surface area contributed by atoms with Gasteiger partial charge in [0.05, 0.1) is 29.4 Å². The second-order valence-electron chi connectivity index (χ2n) is 14.7. The molecule has 3 aliphatic rings. The summed E-state index contributed by atoms with van der Waals surface area (Å²) in [5.74, 6) is 5.41. The van der Waals surface area contributed by atoms with Crippen LogP contribution in [0.3, 0.4) is 0 Å². The molecule has 1 N–H and O–H groups in total. The lowest BCUT2D eigenvalue weighted by Gasteiger charge is -2.34. The maximum absolute atomic E-state index is 13.1. The number of fused-ring (bicyclic) bond motifs is 4. The van der Waals surface area contributed by atoms with Crippen LogP contribution in [-0.4, -0.2) is 85.6 Å². The van der Waals surface area contributed by atoms with Crippen molar-refractivity contribution < 1.29 is 38.1 Å². The molecular weight excluding hydrogens is 753 g/mol. The molecule has 1 saturated carbocycles. The van der Waals surface area contributed by atoms with Crippen LogP contribution in [0, 0.1) is 11.8 Å². The lowest BCUT2D eigenvalue weighted by atomic mass is 9.92. The molecular formula is C45H38N6O8. The summed E-state index contributed by atoms with van der Waals surface area (Å²) in [6.07, 6.45) is 8.48. The molecule has 1 aliphatic carbocycles. The van der Waals surface area contributed by atoms with Gasteiger partial charge in [-0.3, -0.25) is 34.4 Å². The van der Waals surface area contributed by atoms with Gasteiger partial charge in [-0.05, 0) is 73.4 Å². The fourth-order valence-corrected chi connectivity index (χ4v) is 7.59. The van der Waals surface area contributed by atoms with Crippen LogP contribution in [0.4, 0.5) is 0 Å². The fourth-order valence-electron chi connectivity index (χ4n) is 7.59. The van der Waals surface area contributed by atoms with E-state index in [0.717, 1.165) is 45.3 Å². The smallest absolute Gasteiger partial charge is 0.262 e. The minimum Gasteiger partial charge on any atom is -0.491 e. The molecule has 4 amide bonds. The Morgan fingerprint density at radius 3 is 2.41 bits per heavy atom. The Bertz CT molecular complexity index is 2700.